The fourth-order valence-electron chi connectivity index (χ4n) is 2.21. The Morgan fingerprint density at radius 1 is 1.21 bits per heavy atom. The van der Waals surface area contributed by atoms with E-state index in [9.17, 15) is 8.42 Å². The van der Waals surface area contributed by atoms with E-state index in [-0.39, 0.29) is 5.75 Å². The number of nitrogens with one attached hydrogen (secondary N) is 1. The maximum absolute atomic E-state index is 11.7. The lowest BCUT2D eigenvalue weighted by Gasteiger charge is -2.17. The summed E-state index contributed by atoms with van der Waals surface area (Å²) in [5, 5.41) is 3.44. The second-order valence-corrected chi connectivity index (χ2v) is 7.09. The van der Waals surface area contributed by atoms with E-state index in [0.717, 1.165) is 38.2 Å². The molecule has 0 unspecified atom stereocenters. The van der Waals surface area contributed by atoms with Crippen LogP contribution in [0.1, 0.15) is 26.2 Å². The molecule has 1 N–H and O–H groups in total. The molecule has 106 valence electrons. The third kappa shape index (κ3) is 3.94. The Hall–Kier alpha value is -1.07. The monoisotopic (exact) mass is 283 g/mol. The quantitative estimate of drug-likeness (QED) is 0.922. The predicted molar refractivity (Wildman–Crippen MR) is 76.2 cm³/mol. The Labute approximate surface area is 115 Å². The minimum atomic E-state index is -3.10. The summed E-state index contributed by atoms with van der Waals surface area (Å²) in [5.41, 5.74) is 0.974. The number of ether oxygens (including phenoxy) is 1. The van der Waals surface area contributed by atoms with Gasteiger partial charge in [-0.2, -0.15) is 0 Å². The lowest BCUT2D eigenvalue weighted by Crippen LogP contribution is -2.19. The van der Waals surface area contributed by atoms with Crippen molar-refractivity contribution in [3.8, 4) is 0 Å². The molecule has 5 heteroatoms. The van der Waals surface area contributed by atoms with E-state index in [1.165, 1.54) is 0 Å². The lowest BCUT2D eigenvalue weighted by atomic mass is 10.1. The number of anilines is 1. The number of benzene rings is 1. The summed E-state index contributed by atoms with van der Waals surface area (Å²) in [5.74, 6) is 0.139. The normalized spacial score (nSPS) is 20.8. The van der Waals surface area contributed by atoms with Gasteiger partial charge in [-0.25, -0.2) is 8.42 Å². The molecule has 0 bridgehead atoms. The largest absolute Gasteiger partial charge is 0.382 e. The van der Waals surface area contributed by atoms with Crippen molar-refractivity contribution in [3.05, 3.63) is 24.3 Å². The molecular formula is C14H21NO3S. The van der Waals surface area contributed by atoms with Crippen molar-refractivity contribution in [1.82, 2.24) is 0 Å². The van der Waals surface area contributed by atoms with Crippen molar-refractivity contribution in [1.29, 1.82) is 0 Å². The predicted octanol–water partition coefficient (Wildman–Crippen LogP) is 2.46. The van der Waals surface area contributed by atoms with Gasteiger partial charge >= 0.3 is 0 Å². The third-order valence-electron chi connectivity index (χ3n) is 3.42. The van der Waals surface area contributed by atoms with Crippen LogP contribution in [-0.4, -0.2) is 33.4 Å². The van der Waals surface area contributed by atoms with E-state index >= 15 is 0 Å². The van der Waals surface area contributed by atoms with Gasteiger partial charge in [0.15, 0.2) is 9.84 Å². The number of sulfone groups is 1. The van der Waals surface area contributed by atoms with Crippen molar-refractivity contribution in [3.63, 3.8) is 0 Å². The smallest absolute Gasteiger partial charge is 0.178 e. The Bertz CT molecular complexity index is 488. The van der Waals surface area contributed by atoms with E-state index in [0.29, 0.717) is 10.9 Å². The van der Waals surface area contributed by atoms with Crippen molar-refractivity contribution in [2.24, 2.45) is 0 Å². The summed E-state index contributed by atoms with van der Waals surface area (Å²) >= 11 is 0. The molecule has 2 rings (SSSR count). The second kappa shape index (κ2) is 6.39. The molecule has 0 saturated carbocycles. The van der Waals surface area contributed by atoms with E-state index in [1.54, 1.807) is 19.1 Å². The van der Waals surface area contributed by atoms with Crippen LogP contribution in [0.4, 0.5) is 5.69 Å². The van der Waals surface area contributed by atoms with E-state index in [2.05, 4.69) is 5.32 Å². The average molecular weight is 283 g/mol. The molecule has 0 radical (unpaired) electrons. The topological polar surface area (TPSA) is 55.4 Å². The maximum atomic E-state index is 11.7. The van der Waals surface area contributed by atoms with Crippen LogP contribution < -0.4 is 5.32 Å². The Morgan fingerprint density at radius 3 is 2.63 bits per heavy atom. The van der Waals surface area contributed by atoms with Gasteiger partial charge in [-0.3, -0.25) is 0 Å². The fraction of sp³-hybridized carbons (Fsp3) is 0.571. The third-order valence-corrected chi connectivity index (χ3v) is 5.17. The van der Waals surface area contributed by atoms with Crippen LogP contribution >= 0.6 is 0 Å². The summed E-state index contributed by atoms with van der Waals surface area (Å²) in [4.78, 5) is 0.393. The summed E-state index contributed by atoms with van der Waals surface area (Å²) in [6, 6.07) is 7.45. The van der Waals surface area contributed by atoms with E-state index < -0.39 is 9.84 Å². The minimum absolute atomic E-state index is 0.139. The number of hydrogen-bond acceptors (Lipinski definition) is 4. The van der Waals surface area contributed by atoms with Gasteiger partial charge in [0, 0.05) is 24.9 Å². The molecule has 0 spiro atoms. The van der Waals surface area contributed by atoms with Crippen molar-refractivity contribution >= 4 is 15.5 Å². The van der Waals surface area contributed by atoms with Gasteiger partial charge in [-0.15, -0.1) is 0 Å². The fourth-order valence-corrected chi connectivity index (χ4v) is 3.09. The standard InChI is InChI=1S/C14H21NO3S/c1-2-19(16,17)14-7-5-13(6-8-14)15-12-4-3-10-18-11-9-12/h5-8,12,15H,2-4,9-11H2,1H3/t12-/m0/s1. The van der Waals surface area contributed by atoms with Crippen molar-refractivity contribution in [2.45, 2.75) is 37.1 Å². The molecule has 0 aliphatic carbocycles. The molecule has 1 fully saturated rings. The molecule has 1 aliphatic rings. The van der Waals surface area contributed by atoms with Gasteiger partial charge in [-0.05, 0) is 43.5 Å². The highest BCUT2D eigenvalue weighted by Gasteiger charge is 2.14. The SMILES string of the molecule is CCS(=O)(=O)c1ccc(N[C@H]2CCCOCC2)cc1. The highest BCUT2D eigenvalue weighted by Crippen LogP contribution is 2.18. The van der Waals surface area contributed by atoms with E-state index in [1.807, 2.05) is 12.1 Å². The molecule has 1 aliphatic heterocycles. The summed E-state index contributed by atoms with van der Waals surface area (Å²) < 4.78 is 28.8. The van der Waals surface area contributed by atoms with Gasteiger partial charge in [0.1, 0.15) is 0 Å². The van der Waals surface area contributed by atoms with Crippen LogP contribution in [0.25, 0.3) is 0 Å². The molecule has 1 saturated heterocycles. The zero-order chi connectivity index (χ0) is 13.7. The van der Waals surface area contributed by atoms with Crippen LogP contribution in [-0.2, 0) is 14.6 Å². The first kappa shape index (κ1) is 14.3. The van der Waals surface area contributed by atoms with Crippen LogP contribution in [0.3, 0.4) is 0 Å². The highest BCUT2D eigenvalue weighted by molar-refractivity contribution is 7.91. The van der Waals surface area contributed by atoms with Gasteiger partial charge < -0.3 is 10.1 Å². The molecule has 1 atom stereocenters. The lowest BCUT2D eigenvalue weighted by molar-refractivity contribution is 0.144. The molecule has 1 heterocycles. The molecule has 1 aromatic carbocycles. The molecule has 0 aromatic heterocycles. The first-order chi connectivity index (χ1) is 9.12. The Morgan fingerprint density at radius 2 is 1.95 bits per heavy atom. The zero-order valence-electron chi connectivity index (χ0n) is 11.3. The van der Waals surface area contributed by atoms with Crippen molar-refractivity contribution < 1.29 is 13.2 Å². The Kier molecular flexibility index (Phi) is 4.82. The first-order valence-corrected chi connectivity index (χ1v) is 8.44. The molecular weight excluding hydrogens is 262 g/mol. The number of rotatable bonds is 4. The maximum Gasteiger partial charge on any atom is 0.178 e. The van der Waals surface area contributed by atoms with Gasteiger partial charge in [0.25, 0.3) is 0 Å². The zero-order valence-corrected chi connectivity index (χ0v) is 12.1. The van der Waals surface area contributed by atoms with Gasteiger partial charge in [-0.1, -0.05) is 6.92 Å². The Balaban J connectivity index is 2.02. The van der Waals surface area contributed by atoms with Crippen LogP contribution in [0.15, 0.2) is 29.2 Å². The molecule has 19 heavy (non-hydrogen) atoms. The van der Waals surface area contributed by atoms with Crippen molar-refractivity contribution in [2.75, 3.05) is 24.3 Å². The first-order valence-electron chi connectivity index (χ1n) is 6.79. The second-order valence-electron chi connectivity index (χ2n) is 4.81. The van der Waals surface area contributed by atoms with E-state index in [4.69, 9.17) is 4.74 Å². The summed E-state index contributed by atoms with van der Waals surface area (Å²) in [7, 11) is -3.10. The molecule has 0 amide bonds. The number of hydrogen-bond donors (Lipinski definition) is 1. The summed E-state index contributed by atoms with van der Waals surface area (Å²) in [6.45, 7) is 3.29. The average Bonchev–Trinajstić information content (AvgIpc) is 2.68. The summed E-state index contributed by atoms with van der Waals surface area (Å²) in [6.07, 6.45) is 3.16. The van der Waals surface area contributed by atoms with Crippen LogP contribution in [0.5, 0.6) is 0 Å². The highest BCUT2D eigenvalue weighted by atomic mass is 32.2. The van der Waals surface area contributed by atoms with Crippen LogP contribution in [0, 0.1) is 0 Å². The van der Waals surface area contributed by atoms with Crippen LogP contribution in [0.2, 0.25) is 0 Å². The molecule has 4 nitrogen and oxygen atoms in total. The minimum Gasteiger partial charge on any atom is -0.382 e. The van der Waals surface area contributed by atoms with Gasteiger partial charge in [0.2, 0.25) is 0 Å². The van der Waals surface area contributed by atoms with Gasteiger partial charge in [0.05, 0.1) is 10.6 Å². The molecule has 1 aromatic rings.